The van der Waals surface area contributed by atoms with Gasteiger partial charge < -0.3 is 14.7 Å². The molecular weight excluding hydrogens is 321 g/mol. The molecule has 3 rings (SSSR count). The predicted molar refractivity (Wildman–Crippen MR) is 93.2 cm³/mol. The lowest BCUT2D eigenvalue weighted by molar-refractivity contribution is -0.144. The topological polar surface area (TPSA) is 43.9 Å². The van der Waals surface area contributed by atoms with Gasteiger partial charge in [0.05, 0.1) is 12.0 Å². The Morgan fingerprint density at radius 3 is 2.80 bits per heavy atom. The molecular formula is C19H26FN3O2. The highest BCUT2D eigenvalue weighted by molar-refractivity contribution is 5.86. The standard InChI is InChI=1S/C19H26FN3O2/c1-21(2)13-17(24)23-9-4-7-19(14-23)8-10-22(18(19)25)12-15-5-3-6-16(20)11-15/h3,5-6,11H,4,7-10,12-14H2,1-2H3/t19-/m1/s1. The Hall–Kier alpha value is -1.95. The second kappa shape index (κ2) is 7.12. The van der Waals surface area contributed by atoms with Crippen LogP contribution >= 0.6 is 0 Å². The summed E-state index contributed by atoms with van der Waals surface area (Å²) in [6.45, 7) is 2.72. The van der Waals surface area contributed by atoms with Gasteiger partial charge in [0.15, 0.2) is 0 Å². The Bertz CT molecular complexity index is 664. The number of piperidine rings is 1. The maximum Gasteiger partial charge on any atom is 0.236 e. The zero-order valence-electron chi connectivity index (χ0n) is 15.0. The highest BCUT2D eigenvalue weighted by Crippen LogP contribution is 2.40. The van der Waals surface area contributed by atoms with Gasteiger partial charge >= 0.3 is 0 Å². The highest BCUT2D eigenvalue weighted by Gasteiger charge is 2.49. The molecule has 2 heterocycles. The van der Waals surface area contributed by atoms with Gasteiger partial charge in [-0.15, -0.1) is 0 Å². The molecule has 2 fully saturated rings. The van der Waals surface area contributed by atoms with Gasteiger partial charge in [-0.2, -0.15) is 0 Å². The van der Waals surface area contributed by atoms with Gasteiger partial charge in [0.2, 0.25) is 11.8 Å². The monoisotopic (exact) mass is 347 g/mol. The lowest BCUT2D eigenvalue weighted by Gasteiger charge is -2.39. The van der Waals surface area contributed by atoms with Gasteiger partial charge in [-0.3, -0.25) is 9.59 Å². The van der Waals surface area contributed by atoms with Crippen LogP contribution in [0.3, 0.4) is 0 Å². The number of nitrogens with zero attached hydrogens (tertiary/aromatic N) is 3. The number of halogens is 1. The van der Waals surface area contributed by atoms with Crippen LogP contribution in [0.1, 0.15) is 24.8 Å². The minimum Gasteiger partial charge on any atom is -0.341 e. The lowest BCUT2D eigenvalue weighted by Crippen LogP contribution is -2.51. The Labute approximate surface area is 148 Å². The fraction of sp³-hybridized carbons (Fsp3) is 0.579. The highest BCUT2D eigenvalue weighted by atomic mass is 19.1. The number of likely N-dealkylation sites (tertiary alicyclic amines) is 2. The van der Waals surface area contributed by atoms with E-state index in [0.717, 1.165) is 31.4 Å². The second-order valence-corrected chi connectivity index (χ2v) is 7.54. The molecule has 0 aromatic heterocycles. The molecule has 2 aliphatic heterocycles. The number of carbonyl (C=O) groups is 2. The third-order valence-corrected chi connectivity index (χ3v) is 5.24. The summed E-state index contributed by atoms with van der Waals surface area (Å²) in [7, 11) is 3.75. The summed E-state index contributed by atoms with van der Waals surface area (Å²) in [5, 5.41) is 0. The molecule has 0 radical (unpaired) electrons. The normalized spacial score (nSPS) is 23.8. The second-order valence-electron chi connectivity index (χ2n) is 7.54. The number of hydrogen-bond acceptors (Lipinski definition) is 3. The van der Waals surface area contributed by atoms with Gasteiger partial charge in [0.25, 0.3) is 0 Å². The summed E-state index contributed by atoms with van der Waals surface area (Å²) in [5.41, 5.74) is 0.356. The molecule has 0 aliphatic carbocycles. The zero-order chi connectivity index (χ0) is 18.0. The first-order valence-corrected chi connectivity index (χ1v) is 8.86. The van der Waals surface area contributed by atoms with Crippen LogP contribution in [0, 0.1) is 11.2 Å². The molecule has 1 atom stereocenters. The summed E-state index contributed by atoms with van der Waals surface area (Å²) in [6.07, 6.45) is 2.46. The van der Waals surface area contributed by atoms with Crippen LogP contribution in [0.5, 0.6) is 0 Å². The maximum atomic E-state index is 13.4. The van der Waals surface area contributed by atoms with E-state index < -0.39 is 5.41 Å². The van der Waals surface area contributed by atoms with Crippen molar-refractivity contribution in [3.05, 3.63) is 35.6 Å². The summed E-state index contributed by atoms with van der Waals surface area (Å²) >= 11 is 0. The number of rotatable bonds is 4. The Morgan fingerprint density at radius 2 is 2.08 bits per heavy atom. The van der Waals surface area contributed by atoms with Crippen LogP contribution in [0.4, 0.5) is 4.39 Å². The van der Waals surface area contributed by atoms with Crippen LogP contribution in [0.15, 0.2) is 24.3 Å². The smallest absolute Gasteiger partial charge is 0.236 e. The lowest BCUT2D eigenvalue weighted by atomic mass is 9.78. The van der Waals surface area contributed by atoms with E-state index in [1.165, 1.54) is 12.1 Å². The van der Waals surface area contributed by atoms with Crippen LogP contribution in [-0.4, -0.2) is 66.8 Å². The molecule has 136 valence electrons. The van der Waals surface area contributed by atoms with Crippen molar-refractivity contribution in [3.63, 3.8) is 0 Å². The first kappa shape index (κ1) is 17.9. The Kier molecular flexibility index (Phi) is 5.08. The van der Waals surface area contributed by atoms with E-state index in [1.54, 1.807) is 6.07 Å². The molecule has 1 aromatic carbocycles. The summed E-state index contributed by atoms with van der Waals surface area (Å²) in [4.78, 5) is 30.9. The largest absolute Gasteiger partial charge is 0.341 e. The van der Waals surface area contributed by atoms with E-state index in [1.807, 2.05) is 34.9 Å². The van der Waals surface area contributed by atoms with Crippen molar-refractivity contribution in [2.75, 3.05) is 40.3 Å². The number of benzene rings is 1. The molecule has 0 N–H and O–H groups in total. The summed E-state index contributed by atoms with van der Waals surface area (Å²) < 4.78 is 13.4. The fourth-order valence-electron chi connectivity index (χ4n) is 3.99. The third-order valence-electron chi connectivity index (χ3n) is 5.24. The van der Waals surface area contributed by atoms with Gasteiger partial charge in [-0.1, -0.05) is 12.1 Å². The van der Waals surface area contributed by atoms with Crippen molar-refractivity contribution >= 4 is 11.8 Å². The van der Waals surface area contributed by atoms with E-state index in [9.17, 15) is 14.0 Å². The van der Waals surface area contributed by atoms with Crippen molar-refractivity contribution in [2.45, 2.75) is 25.8 Å². The molecule has 2 aliphatic rings. The van der Waals surface area contributed by atoms with Gasteiger partial charge in [-0.05, 0) is 51.1 Å². The van der Waals surface area contributed by atoms with Gasteiger partial charge in [0, 0.05) is 26.2 Å². The van der Waals surface area contributed by atoms with Gasteiger partial charge in [-0.25, -0.2) is 4.39 Å². The number of hydrogen-bond donors (Lipinski definition) is 0. The van der Waals surface area contributed by atoms with E-state index in [-0.39, 0.29) is 17.6 Å². The van der Waals surface area contributed by atoms with Crippen molar-refractivity contribution < 1.29 is 14.0 Å². The maximum absolute atomic E-state index is 13.4. The molecule has 1 aromatic rings. The predicted octanol–water partition coefficient (Wildman–Crippen LogP) is 1.73. The molecule has 5 nitrogen and oxygen atoms in total. The molecule has 0 unspecified atom stereocenters. The minimum atomic E-state index is -0.451. The molecule has 25 heavy (non-hydrogen) atoms. The van der Waals surface area contributed by atoms with Crippen LogP contribution < -0.4 is 0 Å². The first-order valence-electron chi connectivity index (χ1n) is 8.86. The summed E-state index contributed by atoms with van der Waals surface area (Å²) in [5.74, 6) is -0.0865. The van der Waals surface area contributed by atoms with E-state index >= 15 is 0 Å². The van der Waals surface area contributed by atoms with Crippen molar-refractivity contribution in [2.24, 2.45) is 5.41 Å². The van der Waals surface area contributed by atoms with Crippen molar-refractivity contribution in [1.29, 1.82) is 0 Å². The SMILES string of the molecule is CN(C)CC(=O)N1CCC[C@@]2(CCN(Cc3cccc(F)c3)C2=O)C1. The number of carbonyl (C=O) groups excluding carboxylic acids is 2. The minimum absolute atomic E-state index is 0.0838. The third kappa shape index (κ3) is 3.84. The van der Waals surface area contributed by atoms with Gasteiger partial charge in [0.1, 0.15) is 5.82 Å². The van der Waals surface area contributed by atoms with Crippen LogP contribution in [-0.2, 0) is 16.1 Å². The Morgan fingerprint density at radius 1 is 1.28 bits per heavy atom. The van der Waals surface area contributed by atoms with Crippen LogP contribution in [0.2, 0.25) is 0 Å². The average Bonchev–Trinajstić information content (AvgIpc) is 2.84. The van der Waals surface area contributed by atoms with E-state index in [0.29, 0.717) is 26.2 Å². The van der Waals surface area contributed by atoms with E-state index in [2.05, 4.69) is 0 Å². The molecule has 6 heteroatoms. The van der Waals surface area contributed by atoms with Crippen molar-refractivity contribution in [1.82, 2.24) is 14.7 Å². The molecule has 1 spiro atoms. The molecule has 2 saturated heterocycles. The molecule has 2 amide bonds. The number of likely N-dealkylation sites (N-methyl/N-ethyl adjacent to an activating group) is 1. The summed E-state index contributed by atoms with van der Waals surface area (Å²) in [6, 6.07) is 6.40. The molecule has 0 bridgehead atoms. The van der Waals surface area contributed by atoms with E-state index in [4.69, 9.17) is 0 Å². The zero-order valence-corrected chi connectivity index (χ0v) is 15.0. The number of amides is 2. The first-order chi connectivity index (χ1) is 11.9. The Balaban J connectivity index is 1.68. The molecule has 0 saturated carbocycles. The average molecular weight is 347 g/mol. The van der Waals surface area contributed by atoms with Crippen molar-refractivity contribution in [3.8, 4) is 0 Å². The fourth-order valence-corrected chi connectivity index (χ4v) is 3.99. The quantitative estimate of drug-likeness (QED) is 0.833. The van der Waals surface area contributed by atoms with Crippen LogP contribution in [0.25, 0.3) is 0 Å².